The zero-order valence-electron chi connectivity index (χ0n) is 54.1. The minimum Gasteiger partial charge on any atom is -0.460 e. The van der Waals surface area contributed by atoms with E-state index in [1.807, 2.05) is 13.8 Å². The van der Waals surface area contributed by atoms with E-state index in [9.17, 15) is 47.9 Å². The van der Waals surface area contributed by atoms with E-state index in [1.54, 1.807) is 6.92 Å². The summed E-state index contributed by atoms with van der Waals surface area (Å²) in [6.45, 7) is 14.5. The maximum atomic E-state index is 13.1. The third-order valence-corrected chi connectivity index (χ3v) is 16.4. The molecular weight excluding hydrogens is 1160 g/mol. The van der Waals surface area contributed by atoms with E-state index < -0.39 is 60.0 Å². The number of esters is 2. The number of ketones is 2. The number of nitrogens with one attached hydrogen (secondary N) is 6. The Balaban J connectivity index is 1.03. The van der Waals surface area contributed by atoms with Crippen molar-refractivity contribution in [2.45, 2.75) is 231 Å². The molecule has 0 unspecified atom stereocenters. The van der Waals surface area contributed by atoms with Gasteiger partial charge in [0.05, 0.1) is 52.9 Å². The van der Waals surface area contributed by atoms with Crippen LogP contribution in [0.3, 0.4) is 0 Å². The van der Waals surface area contributed by atoms with Crippen LogP contribution in [0.5, 0.6) is 0 Å². The van der Waals surface area contributed by atoms with Gasteiger partial charge >= 0.3 is 11.9 Å². The number of hydrogen-bond acceptors (Lipinski definition) is 20. The van der Waals surface area contributed by atoms with E-state index in [2.05, 4.69) is 31.9 Å². The molecule has 26 nitrogen and oxygen atoms in total. The maximum absolute atomic E-state index is 13.1. The summed E-state index contributed by atoms with van der Waals surface area (Å²) in [5.41, 5.74) is -1.70. The smallest absolute Gasteiger partial charge is 0.302 e. The summed E-state index contributed by atoms with van der Waals surface area (Å²) in [5, 5.41) is 17.0. The fraction of sp³-hybridized carbons (Fsp3) is 0.841. The first kappa shape index (κ1) is 76.2. The molecule has 4 heterocycles. The SMILES string of the molecule is CC(=O)CCCCCCCCCCC(=O)CC(COCCC(=O)NCCCNC(=O)CCCCOC[C@@]12CO[C@@H](O1)[C@H](NC(C)=O)[C@@H](OC(C)=O)[C@H]2C)COCCC(=O)NCCCNC(=O)CCCCOC[C@@]12CO[C@@H](O1)[C@H](NC(C)=O)[C@@H](OC(C)=O)[C@H]2C. The first-order valence-corrected chi connectivity index (χ1v) is 32.5. The molecule has 0 spiro atoms. The minimum atomic E-state index is -0.848. The number of unbranched alkanes of at least 4 members (excludes halogenated alkanes) is 9. The highest BCUT2D eigenvalue weighted by molar-refractivity contribution is 5.79. The number of carbonyl (C=O) groups excluding carboxylic acids is 10. The van der Waals surface area contributed by atoms with Crippen LogP contribution < -0.4 is 31.9 Å². The van der Waals surface area contributed by atoms with Gasteiger partial charge < -0.3 is 84.1 Å². The summed E-state index contributed by atoms with van der Waals surface area (Å²) in [6.07, 6.45) is 10.9. The van der Waals surface area contributed by atoms with Gasteiger partial charge in [0.2, 0.25) is 35.4 Å². The van der Waals surface area contributed by atoms with Crippen LogP contribution in [-0.4, -0.2) is 199 Å². The molecule has 0 aliphatic carbocycles. The van der Waals surface area contributed by atoms with Gasteiger partial charge in [-0.15, -0.1) is 0 Å². The topological polar surface area (TPSA) is 335 Å². The Morgan fingerprint density at radius 1 is 0.438 bits per heavy atom. The lowest BCUT2D eigenvalue weighted by Crippen LogP contribution is -2.63. The molecule has 10 atom stereocenters. The largest absolute Gasteiger partial charge is 0.460 e. The zero-order chi connectivity index (χ0) is 65.0. The molecule has 508 valence electrons. The Morgan fingerprint density at radius 2 is 0.809 bits per heavy atom. The second kappa shape index (κ2) is 42.0. The van der Waals surface area contributed by atoms with Crippen LogP contribution in [0.4, 0.5) is 0 Å². The molecular formula is C63H106N6O20. The van der Waals surface area contributed by atoms with Crippen LogP contribution in [0.15, 0.2) is 0 Å². The summed E-state index contributed by atoms with van der Waals surface area (Å²) in [6, 6.07) is -1.29. The van der Waals surface area contributed by atoms with E-state index >= 15 is 0 Å². The standard InChI is InChI=1S/C63H106N6O20/c1-43(70)22-14-12-10-8-9-11-13-15-23-51(75)36-50(37-80-34-26-54(78)66-30-20-28-64-52(76)24-16-18-32-82-39-62-41-84-60(88-62)56(68-46(4)71)58(44(62)2)86-48(6)73)38-81-35-27-55(79)67-31-21-29-65-53(77)25-17-19-33-83-40-63-42-85-61(89-63)57(69-47(5)72)59(45(63)3)87-49(7)74/h44-45,50,56-61H,8-42H2,1-7H3,(H,64,76)(H,65,77)(H,66,78)(H,67,79)(H,68,71)(H,69,72)/t44-,45-,56-,57-,58+,59+,60+,61+,62+,63+/m1/s1. The summed E-state index contributed by atoms with van der Waals surface area (Å²) >= 11 is 0. The average Bonchev–Trinajstić information content (AvgIpc) is 1.68. The lowest BCUT2D eigenvalue weighted by molar-refractivity contribution is -0.223. The number of hydrogen-bond donors (Lipinski definition) is 6. The van der Waals surface area contributed by atoms with Crippen LogP contribution in [-0.2, 0) is 95.3 Å². The Labute approximate surface area is 525 Å². The van der Waals surface area contributed by atoms with Gasteiger partial charge in [0.25, 0.3) is 0 Å². The van der Waals surface area contributed by atoms with Gasteiger partial charge in [0.15, 0.2) is 12.6 Å². The van der Waals surface area contributed by atoms with E-state index in [1.165, 1.54) is 27.7 Å². The second-order valence-corrected chi connectivity index (χ2v) is 24.3. The van der Waals surface area contributed by atoms with Crippen molar-refractivity contribution in [1.82, 2.24) is 31.9 Å². The van der Waals surface area contributed by atoms with Crippen molar-refractivity contribution < 1.29 is 95.3 Å². The molecule has 6 N–H and O–H groups in total. The molecule has 0 aromatic heterocycles. The predicted molar refractivity (Wildman–Crippen MR) is 323 cm³/mol. The molecule has 0 radical (unpaired) electrons. The molecule has 4 fully saturated rings. The second-order valence-electron chi connectivity index (χ2n) is 24.3. The molecule has 4 aliphatic heterocycles. The van der Waals surface area contributed by atoms with Crippen LogP contribution in [0.2, 0.25) is 0 Å². The highest BCUT2D eigenvalue weighted by atomic mass is 16.8. The molecule has 26 heteroatoms. The van der Waals surface area contributed by atoms with E-state index in [0.29, 0.717) is 104 Å². The molecule has 0 saturated carbocycles. The molecule has 0 aromatic carbocycles. The number of amides is 6. The first-order chi connectivity index (χ1) is 42.6. The summed E-state index contributed by atoms with van der Waals surface area (Å²) in [5.74, 6) is -2.74. The monoisotopic (exact) mass is 1270 g/mol. The third kappa shape index (κ3) is 29.3. The Hall–Kier alpha value is -5.22. The van der Waals surface area contributed by atoms with Crippen LogP contribution in [0.1, 0.15) is 183 Å². The van der Waals surface area contributed by atoms with Crippen molar-refractivity contribution in [3.05, 3.63) is 0 Å². The Bertz CT molecular complexity index is 2100. The molecule has 4 rings (SSSR count). The number of ether oxygens (including phenoxy) is 10. The highest BCUT2D eigenvalue weighted by Gasteiger charge is 2.61. The van der Waals surface area contributed by atoms with Crippen molar-refractivity contribution in [1.29, 1.82) is 0 Å². The molecule has 6 amide bonds. The minimum absolute atomic E-state index is 0.107. The van der Waals surface area contributed by atoms with E-state index in [-0.39, 0.29) is 137 Å². The van der Waals surface area contributed by atoms with Crippen LogP contribution in [0, 0.1) is 17.8 Å². The zero-order valence-corrected chi connectivity index (χ0v) is 54.1. The summed E-state index contributed by atoms with van der Waals surface area (Å²) < 4.78 is 58.9. The average molecular weight is 1270 g/mol. The maximum Gasteiger partial charge on any atom is 0.302 e. The Kier molecular flexibility index (Phi) is 36.0. The first-order valence-electron chi connectivity index (χ1n) is 32.5. The third-order valence-electron chi connectivity index (χ3n) is 16.4. The van der Waals surface area contributed by atoms with Crippen LogP contribution in [0.25, 0.3) is 0 Å². The lowest BCUT2D eigenvalue weighted by atomic mass is 9.81. The molecule has 4 saturated heterocycles. The van der Waals surface area contributed by atoms with Crippen molar-refractivity contribution in [3.63, 3.8) is 0 Å². The van der Waals surface area contributed by atoms with Gasteiger partial charge in [-0.3, -0.25) is 43.2 Å². The van der Waals surface area contributed by atoms with Gasteiger partial charge in [-0.05, 0) is 58.3 Å². The van der Waals surface area contributed by atoms with E-state index in [4.69, 9.17) is 47.4 Å². The number of rotatable bonds is 49. The van der Waals surface area contributed by atoms with E-state index in [0.717, 1.165) is 51.4 Å². The predicted octanol–water partition coefficient (Wildman–Crippen LogP) is 3.88. The van der Waals surface area contributed by atoms with Crippen molar-refractivity contribution >= 4 is 58.9 Å². The van der Waals surface area contributed by atoms with Crippen molar-refractivity contribution in [2.75, 3.05) is 92.2 Å². The van der Waals surface area contributed by atoms with Gasteiger partial charge in [-0.1, -0.05) is 52.4 Å². The normalized spacial score (nSPS) is 24.1. The molecule has 89 heavy (non-hydrogen) atoms. The van der Waals surface area contributed by atoms with Crippen molar-refractivity contribution in [3.8, 4) is 0 Å². The fourth-order valence-electron chi connectivity index (χ4n) is 11.4. The Morgan fingerprint density at radius 3 is 1.19 bits per heavy atom. The van der Waals surface area contributed by atoms with Gasteiger partial charge in [-0.2, -0.15) is 0 Å². The fourth-order valence-corrected chi connectivity index (χ4v) is 11.4. The van der Waals surface area contributed by atoms with Gasteiger partial charge in [-0.25, -0.2) is 0 Å². The molecule has 4 bridgehead atoms. The quantitative estimate of drug-likeness (QED) is 0.0372. The van der Waals surface area contributed by atoms with Gasteiger partial charge in [0.1, 0.15) is 47.1 Å². The molecule has 4 aliphatic rings. The highest BCUT2D eigenvalue weighted by Crippen LogP contribution is 2.44. The summed E-state index contributed by atoms with van der Waals surface area (Å²) in [7, 11) is 0. The number of Topliss-reactive ketones (excluding diaryl/α,β-unsaturated/α-hetero) is 2. The summed E-state index contributed by atoms with van der Waals surface area (Å²) in [4.78, 5) is 122. The lowest BCUT2D eigenvalue weighted by Gasteiger charge is -2.45. The van der Waals surface area contributed by atoms with Crippen molar-refractivity contribution in [2.24, 2.45) is 17.8 Å². The van der Waals surface area contributed by atoms with Crippen LogP contribution >= 0.6 is 0 Å². The number of fused-ring (bicyclic) bond motifs is 4. The van der Waals surface area contributed by atoms with Gasteiger partial charge in [0, 0.05) is 130 Å². The number of carbonyl (C=O) groups is 10. The molecule has 0 aromatic rings.